The Balaban J connectivity index is 2.10. The molecular weight excluding hydrogens is 382 g/mol. The molecule has 0 atom stereocenters. The van der Waals surface area contributed by atoms with Crippen LogP contribution in [0.3, 0.4) is 0 Å². The maximum absolute atomic E-state index is 12.1. The highest BCUT2D eigenvalue weighted by atomic mass is 32.2. The van der Waals surface area contributed by atoms with E-state index in [9.17, 15) is 8.42 Å². The van der Waals surface area contributed by atoms with Crippen LogP contribution in [0.15, 0.2) is 15.1 Å². The molecule has 0 saturated carbocycles. The first-order chi connectivity index (χ1) is 13.0. The molecule has 0 aromatic carbocycles. The van der Waals surface area contributed by atoms with Gasteiger partial charge in [-0.05, 0) is 24.3 Å². The molecule has 0 unspecified atom stereocenters. The third-order valence-electron chi connectivity index (χ3n) is 4.20. The third-order valence-corrected chi connectivity index (χ3v) is 5.93. The molecule has 152 valence electrons. The predicted octanol–water partition coefficient (Wildman–Crippen LogP) is 2.82. The number of fused-ring (bicyclic) bond motifs is 1. The summed E-state index contributed by atoms with van der Waals surface area (Å²) in [6.45, 7) is 8.31. The molecule has 28 heavy (non-hydrogen) atoms. The second kappa shape index (κ2) is 7.25. The molecular formula is C18H25N5O4S. The molecule has 0 spiro atoms. The van der Waals surface area contributed by atoms with Crippen LogP contribution in [-0.2, 0) is 28.6 Å². The van der Waals surface area contributed by atoms with E-state index in [-0.39, 0.29) is 22.9 Å². The summed E-state index contributed by atoms with van der Waals surface area (Å²) in [5, 5.41) is 8.77. The quantitative estimate of drug-likeness (QED) is 0.612. The van der Waals surface area contributed by atoms with Crippen molar-refractivity contribution in [3.05, 3.63) is 23.3 Å². The van der Waals surface area contributed by atoms with Gasteiger partial charge in [0.25, 0.3) is 11.6 Å². The molecule has 3 rings (SSSR count). The molecule has 0 radical (unpaired) electrons. The van der Waals surface area contributed by atoms with Gasteiger partial charge in [0.2, 0.25) is 10.0 Å². The first-order valence-corrected chi connectivity index (χ1v) is 10.6. The Morgan fingerprint density at radius 2 is 1.82 bits per heavy atom. The van der Waals surface area contributed by atoms with Gasteiger partial charge in [0.1, 0.15) is 5.75 Å². The van der Waals surface area contributed by atoms with Crippen LogP contribution in [0.5, 0.6) is 0 Å². The molecule has 0 N–H and O–H groups in total. The molecule has 0 aliphatic rings. The average Bonchev–Trinajstić information content (AvgIpc) is 3.19. The highest BCUT2D eigenvalue weighted by molar-refractivity contribution is 7.88. The second-order valence-electron chi connectivity index (χ2n) is 8.12. The van der Waals surface area contributed by atoms with Crippen LogP contribution >= 0.6 is 0 Å². The van der Waals surface area contributed by atoms with Crippen molar-refractivity contribution >= 4 is 21.1 Å². The smallest absolute Gasteiger partial charge is 0.259 e. The zero-order valence-electron chi connectivity index (χ0n) is 17.0. The van der Waals surface area contributed by atoms with Crippen molar-refractivity contribution in [2.24, 2.45) is 5.41 Å². The summed E-state index contributed by atoms with van der Waals surface area (Å²) in [7, 11) is -0.563. The minimum absolute atomic E-state index is 0.00963. The molecule has 3 aromatic heterocycles. The molecule has 0 fully saturated rings. The summed E-state index contributed by atoms with van der Waals surface area (Å²) in [6.07, 6.45) is 1.37. The fraction of sp³-hybridized carbons (Fsp3) is 0.556. The lowest BCUT2D eigenvalue weighted by atomic mass is 9.89. The Morgan fingerprint density at radius 1 is 1.11 bits per heavy atom. The summed E-state index contributed by atoms with van der Waals surface area (Å²) in [4.78, 5) is 8.81. The molecule has 0 bridgehead atoms. The molecule has 0 saturated heterocycles. The van der Waals surface area contributed by atoms with Crippen LogP contribution in [0.1, 0.15) is 44.9 Å². The number of hydrogen-bond acceptors (Lipinski definition) is 8. The summed E-state index contributed by atoms with van der Waals surface area (Å²) >= 11 is 0. The van der Waals surface area contributed by atoms with Crippen molar-refractivity contribution in [2.45, 2.75) is 46.3 Å². The van der Waals surface area contributed by atoms with Crippen molar-refractivity contribution in [3.8, 4) is 11.5 Å². The minimum atomic E-state index is -3.49. The van der Waals surface area contributed by atoms with Gasteiger partial charge in [-0.1, -0.05) is 38.0 Å². The predicted molar refractivity (Wildman–Crippen MR) is 104 cm³/mol. The van der Waals surface area contributed by atoms with Crippen LogP contribution in [0.4, 0.5) is 0 Å². The maximum atomic E-state index is 12.1. The Kier molecular flexibility index (Phi) is 5.28. The first-order valence-electron chi connectivity index (χ1n) is 9.01. The molecule has 3 aromatic rings. The van der Waals surface area contributed by atoms with Gasteiger partial charge in [-0.15, -0.1) is 0 Å². The van der Waals surface area contributed by atoms with E-state index in [2.05, 4.69) is 41.1 Å². The van der Waals surface area contributed by atoms with E-state index in [1.54, 1.807) is 0 Å². The summed E-state index contributed by atoms with van der Waals surface area (Å²) < 4.78 is 36.2. The van der Waals surface area contributed by atoms with Crippen molar-refractivity contribution in [1.82, 2.24) is 24.6 Å². The van der Waals surface area contributed by atoms with E-state index < -0.39 is 10.0 Å². The number of aromatic nitrogens is 4. The van der Waals surface area contributed by atoms with E-state index in [0.29, 0.717) is 24.1 Å². The lowest BCUT2D eigenvalue weighted by Crippen LogP contribution is -2.24. The highest BCUT2D eigenvalue weighted by Gasteiger charge is 2.25. The largest absolute Gasteiger partial charge is 0.336 e. The number of aryl methyl sites for hydroxylation is 1. The van der Waals surface area contributed by atoms with Gasteiger partial charge in [-0.3, -0.25) is 0 Å². The number of nitrogens with zero attached hydrogens (tertiary/aromatic N) is 5. The number of rotatable bonds is 6. The van der Waals surface area contributed by atoms with Gasteiger partial charge in [-0.2, -0.15) is 4.98 Å². The summed E-state index contributed by atoms with van der Waals surface area (Å²) in [5.74, 6) is -0.0124. The number of hydrogen-bond donors (Lipinski definition) is 0. The summed E-state index contributed by atoms with van der Waals surface area (Å²) in [5.41, 5.74) is 2.61. The van der Waals surface area contributed by atoms with Crippen LogP contribution < -0.4 is 0 Å². The van der Waals surface area contributed by atoms with Crippen LogP contribution in [0, 0.1) is 5.41 Å². The van der Waals surface area contributed by atoms with E-state index in [4.69, 9.17) is 9.05 Å². The molecule has 0 aliphatic heterocycles. The third kappa shape index (κ3) is 4.22. The highest BCUT2D eigenvalue weighted by Crippen LogP contribution is 2.33. The molecule has 3 heterocycles. The van der Waals surface area contributed by atoms with Crippen molar-refractivity contribution in [1.29, 1.82) is 0 Å². The first kappa shape index (κ1) is 20.4. The monoisotopic (exact) mass is 407 g/mol. The lowest BCUT2D eigenvalue weighted by molar-refractivity contribution is 0.380. The van der Waals surface area contributed by atoms with Crippen LogP contribution in [0.2, 0.25) is 0 Å². The van der Waals surface area contributed by atoms with E-state index in [0.717, 1.165) is 21.1 Å². The lowest BCUT2D eigenvalue weighted by Gasteiger charge is -2.16. The normalized spacial score (nSPS) is 13.0. The standard InChI is InChI=1S/C18H25N5O4S/c1-7-11-8-12(15-13(9-18(2,3)4)21-27-17(15)19-11)16-20-14(22-26-16)10-28(24,25)23(5)6/h8H,7,9-10H2,1-6H3. The van der Waals surface area contributed by atoms with Gasteiger partial charge in [0.15, 0.2) is 5.82 Å². The van der Waals surface area contributed by atoms with Crippen molar-refractivity contribution in [2.75, 3.05) is 14.1 Å². The van der Waals surface area contributed by atoms with Crippen LogP contribution in [-0.4, -0.2) is 47.1 Å². The van der Waals surface area contributed by atoms with Gasteiger partial charge >= 0.3 is 0 Å². The van der Waals surface area contributed by atoms with E-state index in [1.807, 2.05) is 13.0 Å². The van der Waals surface area contributed by atoms with Gasteiger partial charge < -0.3 is 9.05 Å². The molecule has 9 nitrogen and oxygen atoms in total. The number of pyridine rings is 1. The fourth-order valence-electron chi connectivity index (χ4n) is 2.75. The van der Waals surface area contributed by atoms with Crippen molar-refractivity contribution in [3.63, 3.8) is 0 Å². The zero-order chi connectivity index (χ0) is 20.7. The number of sulfonamides is 1. The SMILES string of the molecule is CCc1cc(-c2nc(CS(=O)(=O)N(C)C)no2)c2c(CC(C)(C)C)noc2n1. The maximum Gasteiger partial charge on any atom is 0.259 e. The Bertz CT molecular complexity index is 1090. The minimum Gasteiger partial charge on any atom is -0.336 e. The summed E-state index contributed by atoms with van der Waals surface area (Å²) in [6, 6.07) is 1.86. The Labute approximate surface area is 164 Å². The van der Waals surface area contributed by atoms with E-state index >= 15 is 0 Å². The topological polar surface area (TPSA) is 115 Å². The average molecular weight is 407 g/mol. The fourth-order valence-corrected chi connectivity index (χ4v) is 3.45. The van der Waals surface area contributed by atoms with Gasteiger partial charge in [0, 0.05) is 19.8 Å². The molecule has 0 aliphatic carbocycles. The molecule has 10 heteroatoms. The van der Waals surface area contributed by atoms with Gasteiger partial charge in [-0.25, -0.2) is 17.7 Å². The Morgan fingerprint density at radius 3 is 2.43 bits per heavy atom. The second-order valence-corrected chi connectivity index (χ2v) is 10.3. The Hall–Kier alpha value is -2.33. The van der Waals surface area contributed by atoms with Crippen LogP contribution in [0.25, 0.3) is 22.6 Å². The van der Waals surface area contributed by atoms with Gasteiger partial charge in [0.05, 0.1) is 16.6 Å². The zero-order valence-corrected chi connectivity index (χ0v) is 17.8. The molecule has 0 amide bonds. The van der Waals surface area contributed by atoms with E-state index in [1.165, 1.54) is 14.1 Å². The van der Waals surface area contributed by atoms with Crippen molar-refractivity contribution < 1.29 is 17.5 Å².